The average Bonchev–Trinajstić information content (AvgIpc) is 2.50. The summed E-state index contributed by atoms with van der Waals surface area (Å²) in [5.74, 6) is 0.521. The van der Waals surface area contributed by atoms with E-state index < -0.39 is 7.52 Å². The lowest BCUT2D eigenvalue weighted by Gasteiger charge is -2.20. The Morgan fingerprint density at radius 2 is 1.95 bits per heavy atom. The first-order valence-corrected chi connectivity index (χ1v) is 10.5. The Morgan fingerprint density at radius 3 is 2.55 bits per heavy atom. The maximum atomic E-state index is 12.3. The van der Waals surface area contributed by atoms with E-state index in [-0.39, 0.29) is 10.5 Å². The molecule has 0 aliphatic carbocycles. The number of carbonyl (C=O) groups excluding carboxylic acids is 1. The monoisotopic (exact) mass is 343 g/mol. The van der Waals surface area contributed by atoms with Crippen molar-refractivity contribution in [3.05, 3.63) is 35.9 Å². The van der Waals surface area contributed by atoms with Gasteiger partial charge in [-0.3, -0.25) is 9.36 Å². The maximum Gasteiger partial charge on any atom is 0.267 e. The molecule has 1 atom stereocenters. The van der Waals surface area contributed by atoms with Crippen molar-refractivity contribution in [2.75, 3.05) is 19.0 Å². The predicted octanol–water partition coefficient (Wildman–Crippen LogP) is 4.31. The SMILES string of the molecule is CCC(C)(C)C(=O)SCCO[P@](C)(=O)NCc1ccccc1. The van der Waals surface area contributed by atoms with Crippen molar-refractivity contribution in [1.29, 1.82) is 0 Å². The van der Waals surface area contributed by atoms with E-state index in [2.05, 4.69) is 5.09 Å². The third-order valence-corrected chi connectivity index (χ3v) is 6.10. The molecule has 6 heteroatoms. The standard InChI is InChI=1S/C16H26NO3PS/c1-5-16(2,3)15(18)22-12-11-20-21(4,19)17-13-14-9-7-6-8-10-14/h6-10H,5,11-13H2,1-4H3,(H,17,19)/t21-/m0/s1. The van der Waals surface area contributed by atoms with Gasteiger partial charge in [0.25, 0.3) is 7.52 Å². The first kappa shape index (κ1) is 19.4. The summed E-state index contributed by atoms with van der Waals surface area (Å²) >= 11 is 1.25. The Kier molecular flexibility index (Phi) is 7.84. The number of hydrogen-bond donors (Lipinski definition) is 1. The van der Waals surface area contributed by atoms with Gasteiger partial charge < -0.3 is 4.52 Å². The summed E-state index contributed by atoms with van der Waals surface area (Å²) < 4.78 is 17.7. The molecular weight excluding hydrogens is 317 g/mol. The van der Waals surface area contributed by atoms with Crippen LogP contribution in [0.1, 0.15) is 32.8 Å². The molecule has 0 aromatic heterocycles. The first-order chi connectivity index (χ1) is 10.3. The number of nitrogens with one attached hydrogen (secondary N) is 1. The number of benzene rings is 1. The number of thioether (sulfide) groups is 1. The van der Waals surface area contributed by atoms with Gasteiger partial charge in [-0.25, -0.2) is 5.09 Å². The minimum atomic E-state index is -2.84. The lowest BCUT2D eigenvalue weighted by Crippen LogP contribution is -2.21. The Labute approximate surface area is 137 Å². The van der Waals surface area contributed by atoms with Gasteiger partial charge in [-0.05, 0) is 12.0 Å². The van der Waals surface area contributed by atoms with E-state index in [0.29, 0.717) is 18.9 Å². The van der Waals surface area contributed by atoms with Crippen molar-refractivity contribution >= 4 is 24.4 Å². The van der Waals surface area contributed by atoms with Crippen LogP contribution in [0, 0.1) is 5.41 Å². The molecule has 22 heavy (non-hydrogen) atoms. The summed E-state index contributed by atoms with van der Waals surface area (Å²) in [6.45, 7) is 8.25. The molecule has 0 fully saturated rings. The van der Waals surface area contributed by atoms with E-state index in [0.717, 1.165) is 12.0 Å². The van der Waals surface area contributed by atoms with Crippen molar-refractivity contribution in [1.82, 2.24) is 5.09 Å². The second-order valence-electron chi connectivity index (χ2n) is 5.87. The van der Waals surface area contributed by atoms with Crippen LogP contribution in [0.4, 0.5) is 0 Å². The molecule has 0 unspecified atom stereocenters. The molecular formula is C16H26NO3PS. The van der Waals surface area contributed by atoms with Gasteiger partial charge in [0.1, 0.15) is 0 Å². The lowest BCUT2D eigenvalue weighted by molar-refractivity contribution is -0.118. The summed E-state index contributed by atoms with van der Waals surface area (Å²) in [5.41, 5.74) is 0.744. The quantitative estimate of drug-likeness (QED) is 0.535. The van der Waals surface area contributed by atoms with E-state index in [1.54, 1.807) is 6.66 Å². The molecule has 0 bridgehead atoms. The maximum absolute atomic E-state index is 12.3. The van der Waals surface area contributed by atoms with Gasteiger partial charge in [0.05, 0.1) is 6.61 Å². The Morgan fingerprint density at radius 1 is 1.32 bits per heavy atom. The van der Waals surface area contributed by atoms with Gasteiger partial charge in [-0.1, -0.05) is 62.9 Å². The normalized spacial score (nSPS) is 14.5. The minimum absolute atomic E-state index is 0.154. The van der Waals surface area contributed by atoms with Crippen molar-refractivity contribution in [3.63, 3.8) is 0 Å². The van der Waals surface area contributed by atoms with Gasteiger partial charge in [0, 0.05) is 24.4 Å². The second kappa shape index (κ2) is 8.88. The fourth-order valence-corrected chi connectivity index (χ4v) is 3.57. The van der Waals surface area contributed by atoms with E-state index in [1.165, 1.54) is 11.8 Å². The fraction of sp³-hybridized carbons (Fsp3) is 0.562. The summed E-state index contributed by atoms with van der Waals surface area (Å²) in [5, 5.41) is 3.10. The van der Waals surface area contributed by atoms with E-state index >= 15 is 0 Å². The summed E-state index contributed by atoms with van der Waals surface area (Å²) in [4.78, 5) is 12.0. The zero-order valence-electron chi connectivity index (χ0n) is 13.8. The molecule has 0 amide bonds. The molecule has 0 saturated heterocycles. The van der Waals surface area contributed by atoms with Crippen LogP contribution in [0.2, 0.25) is 0 Å². The number of carbonyl (C=O) groups is 1. The predicted molar refractivity (Wildman–Crippen MR) is 94.3 cm³/mol. The van der Waals surface area contributed by atoms with Crippen LogP contribution < -0.4 is 5.09 Å². The molecule has 1 rings (SSSR count). The van der Waals surface area contributed by atoms with Crippen molar-refractivity contribution < 1.29 is 13.9 Å². The molecule has 1 aromatic rings. The molecule has 0 radical (unpaired) electrons. The Hall–Kier alpha value is -0.610. The van der Waals surface area contributed by atoms with E-state index in [9.17, 15) is 9.36 Å². The molecule has 0 aliphatic rings. The molecule has 0 saturated carbocycles. The van der Waals surface area contributed by atoms with Gasteiger partial charge in [0.15, 0.2) is 5.12 Å². The van der Waals surface area contributed by atoms with Crippen molar-refractivity contribution in [2.24, 2.45) is 5.41 Å². The third kappa shape index (κ3) is 7.10. The zero-order chi connectivity index (χ0) is 16.6. The van der Waals surface area contributed by atoms with Crippen molar-refractivity contribution in [2.45, 2.75) is 33.7 Å². The molecule has 4 nitrogen and oxygen atoms in total. The highest BCUT2D eigenvalue weighted by Crippen LogP contribution is 2.38. The largest absolute Gasteiger partial charge is 0.317 e. The smallest absolute Gasteiger partial charge is 0.267 e. The summed E-state index contributed by atoms with van der Waals surface area (Å²) in [6.07, 6.45) is 0.810. The minimum Gasteiger partial charge on any atom is -0.317 e. The highest BCUT2D eigenvalue weighted by molar-refractivity contribution is 8.13. The number of rotatable bonds is 9. The third-order valence-electron chi connectivity index (χ3n) is 3.50. The van der Waals surface area contributed by atoms with Gasteiger partial charge in [0.2, 0.25) is 0 Å². The Bertz CT molecular complexity index is 519. The van der Waals surface area contributed by atoms with Crippen molar-refractivity contribution in [3.8, 4) is 0 Å². The van der Waals surface area contributed by atoms with Gasteiger partial charge in [-0.2, -0.15) is 0 Å². The summed E-state index contributed by atoms with van der Waals surface area (Å²) in [7, 11) is -2.84. The highest BCUT2D eigenvalue weighted by Gasteiger charge is 2.25. The van der Waals surface area contributed by atoms with Crippen LogP contribution in [0.5, 0.6) is 0 Å². The molecule has 124 valence electrons. The topological polar surface area (TPSA) is 55.4 Å². The molecule has 0 aliphatic heterocycles. The van der Waals surface area contributed by atoms with Crippen LogP contribution in [0.3, 0.4) is 0 Å². The van der Waals surface area contributed by atoms with Crippen LogP contribution in [0.15, 0.2) is 30.3 Å². The van der Waals surface area contributed by atoms with Gasteiger partial charge >= 0.3 is 0 Å². The zero-order valence-corrected chi connectivity index (χ0v) is 15.5. The van der Waals surface area contributed by atoms with Crippen LogP contribution in [-0.2, 0) is 20.4 Å². The first-order valence-electron chi connectivity index (χ1n) is 7.45. The molecule has 0 spiro atoms. The molecule has 1 aromatic carbocycles. The average molecular weight is 343 g/mol. The van der Waals surface area contributed by atoms with E-state index in [4.69, 9.17) is 4.52 Å². The van der Waals surface area contributed by atoms with Crippen LogP contribution in [-0.4, -0.2) is 24.1 Å². The lowest BCUT2D eigenvalue weighted by atomic mass is 9.92. The van der Waals surface area contributed by atoms with E-state index in [1.807, 2.05) is 51.1 Å². The molecule has 1 N–H and O–H groups in total. The van der Waals surface area contributed by atoms with Crippen LogP contribution in [0.25, 0.3) is 0 Å². The fourth-order valence-electron chi connectivity index (χ4n) is 1.56. The summed E-state index contributed by atoms with van der Waals surface area (Å²) in [6, 6.07) is 9.76. The highest BCUT2D eigenvalue weighted by atomic mass is 32.2. The number of hydrogen-bond acceptors (Lipinski definition) is 4. The Balaban J connectivity index is 2.28. The molecule has 0 heterocycles. The second-order valence-corrected chi connectivity index (χ2v) is 9.21. The van der Waals surface area contributed by atoms with Gasteiger partial charge in [-0.15, -0.1) is 0 Å². The van der Waals surface area contributed by atoms with Crippen LogP contribution >= 0.6 is 19.3 Å².